The fourth-order valence-electron chi connectivity index (χ4n) is 2.59. The number of amides is 2. The lowest BCUT2D eigenvalue weighted by atomic mass is 10.0. The van der Waals surface area contributed by atoms with Crippen LogP contribution in [0.5, 0.6) is 0 Å². The van der Waals surface area contributed by atoms with Crippen molar-refractivity contribution in [3.63, 3.8) is 0 Å². The summed E-state index contributed by atoms with van der Waals surface area (Å²) in [7, 11) is 0. The molecular formula is C15H18F2N2O2. The number of hydrogen-bond donors (Lipinski definition) is 1. The van der Waals surface area contributed by atoms with Gasteiger partial charge in [0.05, 0.1) is 0 Å². The van der Waals surface area contributed by atoms with Gasteiger partial charge in [0.1, 0.15) is 23.7 Å². The number of nitrogens with zero attached hydrogens (tertiary/aromatic N) is 1. The molecule has 1 aromatic carbocycles. The molecule has 1 aliphatic heterocycles. The van der Waals surface area contributed by atoms with E-state index < -0.39 is 23.7 Å². The van der Waals surface area contributed by atoms with Gasteiger partial charge in [0.15, 0.2) is 0 Å². The van der Waals surface area contributed by atoms with Crippen molar-refractivity contribution < 1.29 is 18.4 Å². The fraction of sp³-hybridized carbons (Fsp3) is 0.467. The summed E-state index contributed by atoms with van der Waals surface area (Å²) >= 11 is 0. The monoisotopic (exact) mass is 296 g/mol. The highest BCUT2D eigenvalue weighted by atomic mass is 19.1. The summed E-state index contributed by atoms with van der Waals surface area (Å²) in [4.78, 5) is 25.5. The summed E-state index contributed by atoms with van der Waals surface area (Å²) in [5.41, 5.74) is 0.466. The Morgan fingerprint density at radius 3 is 2.38 bits per heavy atom. The molecule has 2 unspecified atom stereocenters. The van der Waals surface area contributed by atoms with Crippen LogP contribution in [0.15, 0.2) is 18.2 Å². The molecule has 1 fully saturated rings. The lowest BCUT2D eigenvalue weighted by Gasteiger charge is -2.37. The second-order valence-corrected chi connectivity index (χ2v) is 5.21. The first-order valence-corrected chi connectivity index (χ1v) is 6.98. The molecule has 6 heteroatoms. The second-order valence-electron chi connectivity index (χ2n) is 5.21. The summed E-state index contributed by atoms with van der Waals surface area (Å²) < 4.78 is 26.3. The SMILES string of the molecule is CCC1C(=O)NC(C)C(=O)N1CCc1cc(F)cc(F)c1. The van der Waals surface area contributed by atoms with Crippen LogP contribution in [0.2, 0.25) is 0 Å². The predicted molar refractivity (Wildman–Crippen MR) is 73.5 cm³/mol. The summed E-state index contributed by atoms with van der Waals surface area (Å²) in [6.45, 7) is 3.71. The topological polar surface area (TPSA) is 49.4 Å². The average molecular weight is 296 g/mol. The zero-order chi connectivity index (χ0) is 15.6. The largest absolute Gasteiger partial charge is 0.343 e. The minimum absolute atomic E-state index is 0.168. The Morgan fingerprint density at radius 1 is 1.19 bits per heavy atom. The van der Waals surface area contributed by atoms with E-state index in [1.807, 2.05) is 6.92 Å². The highest BCUT2D eigenvalue weighted by Gasteiger charge is 2.36. The van der Waals surface area contributed by atoms with Gasteiger partial charge in [-0.2, -0.15) is 0 Å². The lowest BCUT2D eigenvalue weighted by Crippen LogP contribution is -2.62. The molecule has 0 aliphatic carbocycles. The number of halogens is 2. The van der Waals surface area contributed by atoms with Crippen LogP contribution >= 0.6 is 0 Å². The zero-order valence-corrected chi connectivity index (χ0v) is 12.0. The van der Waals surface area contributed by atoms with Gasteiger partial charge in [0, 0.05) is 12.6 Å². The molecular weight excluding hydrogens is 278 g/mol. The Morgan fingerprint density at radius 2 is 1.81 bits per heavy atom. The van der Waals surface area contributed by atoms with Crippen molar-refractivity contribution in [2.24, 2.45) is 0 Å². The van der Waals surface area contributed by atoms with Gasteiger partial charge < -0.3 is 10.2 Å². The van der Waals surface area contributed by atoms with E-state index >= 15 is 0 Å². The summed E-state index contributed by atoms with van der Waals surface area (Å²) in [6.07, 6.45) is 0.804. The maximum atomic E-state index is 13.2. The summed E-state index contributed by atoms with van der Waals surface area (Å²) in [5, 5.41) is 2.63. The molecule has 0 bridgehead atoms. The van der Waals surface area contributed by atoms with Crippen molar-refractivity contribution in [2.75, 3.05) is 6.54 Å². The molecule has 0 radical (unpaired) electrons. The Balaban J connectivity index is 2.12. The number of carbonyl (C=O) groups is 2. The first-order valence-electron chi connectivity index (χ1n) is 6.98. The van der Waals surface area contributed by atoms with Gasteiger partial charge in [0.25, 0.3) is 0 Å². The zero-order valence-electron chi connectivity index (χ0n) is 12.0. The van der Waals surface area contributed by atoms with Crippen LogP contribution in [0.4, 0.5) is 8.78 Å². The summed E-state index contributed by atoms with van der Waals surface area (Å²) in [6, 6.07) is 2.20. The molecule has 1 aliphatic rings. The molecule has 0 spiro atoms. The van der Waals surface area contributed by atoms with Crippen molar-refractivity contribution in [3.8, 4) is 0 Å². The number of rotatable bonds is 4. The third kappa shape index (κ3) is 3.37. The first-order chi connectivity index (χ1) is 9.92. The van der Waals surface area contributed by atoms with E-state index in [0.717, 1.165) is 6.07 Å². The molecule has 0 aromatic heterocycles. The minimum atomic E-state index is -0.645. The van der Waals surface area contributed by atoms with E-state index in [1.54, 1.807) is 6.92 Å². The van der Waals surface area contributed by atoms with Crippen molar-refractivity contribution in [1.29, 1.82) is 0 Å². The van der Waals surface area contributed by atoms with Gasteiger partial charge in [0.2, 0.25) is 11.8 Å². The predicted octanol–water partition coefficient (Wildman–Crippen LogP) is 1.63. The van der Waals surface area contributed by atoms with E-state index in [1.165, 1.54) is 17.0 Å². The van der Waals surface area contributed by atoms with Gasteiger partial charge >= 0.3 is 0 Å². The molecule has 2 atom stereocenters. The van der Waals surface area contributed by atoms with Crippen LogP contribution in [0.3, 0.4) is 0 Å². The molecule has 1 N–H and O–H groups in total. The van der Waals surface area contributed by atoms with Crippen LogP contribution in [-0.4, -0.2) is 35.3 Å². The highest BCUT2D eigenvalue weighted by Crippen LogP contribution is 2.15. The molecule has 114 valence electrons. The number of hydrogen-bond acceptors (Lipinski definition) is 2. The maximum absolute atomic E-state index is 13.2. The molecule has 2 amide bonds. The Hall–Kier alpha value is -1.98. The maximum Gasteiger partial charge on any atom is 0.245 e. The van der Waals surface area contributed by atoms with Crippen LogP contribution in [0.1, 0.15) is 25.8 Å². The van der Waals surface area contributed by atoms with Crippen LogP contribution in [-0.2, 0) is 16.0 Å². The van der Waals surface area contributed by atoms with Gasteiger partial charge in [-0.3, -0.25) is 9.59 Å². The number of benzene rings is 1. The minimum Gasteiger partial charge on any atom is -0.343 e. The van der Waals surface area contributed by atoms with Gasteiger partial charge in [-0.25, -0.2) is 8.78 Å². The molecule has 4 nitrogen and oxygen atoms in total. The molecule has 1 heterocycles. The van der Waals surface area contributed by atoms with Crippen molar-refractivity contribution >= 4 is 11.8 Å². The Kier molecular flexibility index (Phi) is 4.55. The van der Waals surface area contributed by atoms with Gasteiger partial charge in [-0.05, 0) is 37.5 Å². The molecule has 21 heavy (non-hydrogen) atoms. The molecule has 1 saturated heterocycles. The van der Waals surface area contributed by atoms with Crippen LogP contribution < -0.4 is 5.32 Å². The summed E-state index contributed by atoms with van der Waals surface area (Å²) in [5.74, 6) is -1.64. The molecule has 2 rings (SSSR count). The second kappa shape index (κ2) is 6.20. The standard InChI is InChI=1S/C15H18F2N2O2/c1-3-13-14(20)18-9(2)15(21)19(13)5-4-10-6-11(16)8-12(17)7-10/h6-9,13H,3-5H2,1-2H3,(H,18,20). The number of piperazine rings is 1. The van der Waals surface area contributed by atoms with Crippen molar-refractivity contribution in [3.05, 3.63) is 35.4 Å². The van der Waals surface area contributed by atoms with Gasteiger partial charge in [-0.15, -0.1) is 0 Å². The highest BCUT2D eigenvalue weighted by molar-refractivity contribution is 5.96. The van der Waals surface area contributed by atoms with Crippen LogP contribution in [0, 0.1) is 11.6 Å². The Bertz CT molecular complexity index is 542. The molecule has 1 aromatic rings. The van der Waals surface area contributed by atoms with E-state index in [9.17, 15) is 18.4 Å². The fourth-order valence-corrected chi connectivity index (χ4v) is 2.59. The third-order valence-corrected chi connectivity index (χ3v) is 3.64. The number of carbonyl (C=O) groups excluding carboxylic acids is 2. The van der Waals surface area contributed by atoms with Crippen LogP contribution in [0.25, 0.3) is 0 Å². The normalized spacial score (nSPS) is 22.4. The smallest absolute Gasteiger partial charge is 0.245 e. The van der Waals surface area contributed by atoms with E-state index in [0.29, 0.717) is 18.4 Å². The first kappa shape index (κ1) is 15.4. The molecule has 0 saturated carbocycles. The lowest BCUT2D eigenvalue weighted by molar-refractivity contribution is -0.148. The van der Waals surface area contributed by atoms with Crippen molar-refractivity contribution in [2.45, 2.75) is 38.8 Å². The third-order valence-electron chi connectivity index (χ3n) is 3.64. The average Bonchev–Trinajstić information content (AvgIpc) is 2.40. The van der Waals surface area contributed by atoms with E-state index in [2.05, 4.69) is 5.32 Å². The van der Waals surface area contributed by atoms with E-state index in [4.69, 9.17) is 0 Å². The quantitative estimate of drug-likeness (QED) is 0.918. The number of nitrogens with one attached hydrogen (secondary N) is 1. The Labute approximate surface area is 122 Å². The van der Waals surface area contributed by atoms with Crippen molar-refractivity contribution in [1.82, 2.24) is 10.2 Å². The van der Waals surface area contributed by atoms with E-state index in [-0.39, 0.29) is 18.4 Å². The van der Waals surface area contributed by atoms with Gasteiger partial charge in [-0.1, -0.05) is 6.92 Å².